The first-order valence-corrected chi connectivity index (χ1v) is 9.33. The molecule has 1 saturated heterocycles. The lowest BCUT2D eigenvalue weighted by atomic mass is 9.86. The molecule has 1 heterocycles. The first kappa shape index (κ1) is 17.8. The molecule has 2 aromatic rings. The molecule has 3 rings (SSSR count). The molecule has 0 spiro atoms. The number of rotatable bonds is 4. The zero-order chi connectivity index (χ0) is 17.9. The van der Waals surface area contributed by atoms with Gasteiger partial charge in [-0.25, -0.2) is 0 Å². The van der Waals surface area contributed by atoms with Crippen LogP contribution in [-0.2, 0) is 12.0 Å². The fourth-order valence-electron chi connectivity index (χ4n) is 3.39. The summed E-state index contributed by atoms with van der Waals surface area (Å²) in [7, 11) is 0. The molecule has 0 aliphatic carbocycles. The molecule has 1 aliphatic heterocycles. The number of hydrogen-bond donors (Lipinski definition) is 3. The molecule has 25 heavy (non-hydrogen) atoms. The van der Waals surface area contributed by atoms with Crippen LogP contribution in [0.1, 0.15) is 62.8 Å². The number of piperidine rings is 1. The van der Waals surface area contributed by atoms with E-state index in [1.54, 1.807) is 6.07 Å². The van der Waals surface area contributed by atoms with Gasteiger partial charge in [0, 0.05) is 23.8 Å². The van der Waals surface area contributed by atoms with E-state index in [4.69, 9.17) is 0 Å². The molecule has 0 bridgehead atoms. The zero-order valence-corrected chi connectivity index (χ0v) is 15.6. The number of benzene rings is 2. The molecule has 0 amide bonds. The molecule has 0 saturated carbocycles. The minimum Gasteiger partial charge on any atom is -0.508 e. The summed E-state index contributed by atoms with van der Waals surface area (Å²) in [5.74, 6) is 0.352. The van der Waals surface area contributed by atoms with Crippen LogP contribution < -0.4 is 10.6 Å². The highest BCUT2D eigenvalue weighted by atomic mass is 16.3. The van der Waals surface area contributed by atoms with Crippen LogP contribution in [0.2, 0.25) is 0 Å². The lowest BCUT2D eigenvalue weighted by Crippen LogP contribution is -2.26. The quantitative estimate of drug-likeness (QED) is 0.725. The van der Waals surface area contributed by atoms with E-state index >= 15 is 0 Å². The average molecular weight is 338 g/mol. The van der Waals surface area contributed by atoms with E-state index in [1.807, 2.05) is 6.07 Å². The maximum absolute atomic E-state index is 10.2. The Labute approximate surface area is 151 Å². The first-order chi connectivity index (χ1) is 11.9. The number of hydrogen-bond acceptors (Lipinski definition) is 3. The van der Waals surface area contributed by atoms with Crippen molar-refractivity contribution in [3.8, 4) is 5.75 Å². The highest BCUT2D eigenvalue weighted by Crippen LogP contribution is 2.29. The van der Waals surface area contributed by atoms with Crippen LogP contribution in [0.3, 0.4) is 0 Å². The van der Waals surface area contributed by atoms with Crippen molar-refractivity contribution in [2.24, 2.45) is 0 Å². The Bertz CT molecular complexity index is 712. The van der Waals surface area contributed by atoms with Crippen LogP contribution in [-0.4, -0.2) is 11.7 Å². The molecule has 1 aliphatic rings. The number of nitrogens with one attached hydrogen (secondary N) is 2. The van der Waals surface area contributed by atoms with E-state index in [0.29, 0.717) is 18.3 Å². The van der Waals surface area contributed by atoms with Gasteiger partial charge in [-0.1, -0.05) is 45.4 Å². The van der Waals surface area contributed by atoms with E-state index in [-0.39, 0.29) is 5.41 Å². The van der Waals surface area contributed by atoms with E-state index < -0.39 is 0 Å². The van der Waals surface area contributed by atoms with Crippen molar-refractivity contribution in [3.63, 3.8) is 0 Å². The summed E-state index contributed by atoms with van der Waals surface area (Å²) in [5.41, 5.74) is 4.70. The molecule has 1 fully saturated rings. The normalized spacial score (nSPS) is 18.1. The minimum absolute atomic E-state index is 0.0784. The zero-order valence-electron chi connectivity index (χ0n) is 15.6. The second-order valence-electron chi connectivity index (χ2n) is 8.07. The van der Waals surface area contributed by atoms with E-state index in [9.17, 15) is 5.11 Å². The standard InChI is InChI=1S/C22H30N2O/c1-22(2,3)18-10-11-21(25)17(13-18)15-24-19-8-6-7-16(14-19)20-9-4-5-12-23-20/h6-8,10-11,13-14,20,23-25H,4-5,9,12,15H2,1-3H3/t20-/m0/s1. The maximum Gasteiger partial charge on any atom is 0.120 e. The lowest BCUT2D eigenvalue weighted by Gasteiger charge is -2.24. The van der Waals surface area contributed by atoms with Crippen LogP contribution >= 0.6 is 0 Å². The van der Waals surface area contributed by atoms with Gasteiger partial charge in [0.05, 0.1) is 0 Å². The summed E-state index contributed by atoms with van der Waals surface area (Å²) in [6, 6.07) is 15.0. The summed E-state index contributed by atoms with van der Waals surface area (Å²) >= 11 is 0. The second kappa shape index (κ2) is 7.49. The van der Waals surface area contributed by atoms with Gasteiger partial charge >= 0.3 is 0 Å². The van der Waals surface area contributed by atoms with Crippen LogP contribution in [0.5, 0.6) is 5.75 Å². The third kappa shape index (κ3) is 4.55. The molecule has 2 aromatic carbocycles. The lowest BCUT2D eigenvalue weighted by molar-refractivity contribution is 0.412. The second-order valence-corrected chi connectivity index (χ2v) is 8.07. The third-order valence-corrected chi connectivity index (χ3v) is 5.03. The van der Waals surface area contributed by atoms with Gasteiger partial charge in [0.1, 0.15) is 5.75 Å². The predicted molar refractivity (Wildman–Crippen MR) is 105 cm³/mol. The van der Waals surface area contributed by atoms with Crippen molar-refractivity contribution in [1.29, 1.82) is 0 Å². The number of phenols is 1. The Morgan fingerprint density at radius 2 is 1.96 bits per heavy atom. The molecule has 0 unspecified atom stereocenters. The van der Waals surface area contributed by atoms with Crippen molar-refractivity contribution in [2.45, 2.75) is 58.0 Å². The molecule has 3 heteroatoms. The topological polar surface area (TPSA) is 44.3 Å². The van der Waals surface area contributed by atoms with Crippen molar-refractivity contribution in [1.82, 2.24) is 5.32 Å². The monoisotopic (exact) mass is 338 g/mol. The van der Waals surface area contributed by atoms with Gasteiger partial charge < -0.3 is 15.7 Å². The third-order valence-electron chi connectivity index (χ3n) is 5.03. The molecule has 134 valence electrons. The Balaban J connectivity index is 1.71. The van der Waals surface area contributed by atoms with Crippen molar-refractivity contribution >= 4 is 5.69 Å². The van der Waals surface area contributed by atoms with Crippen LogP contribution in [0.15, 0.2) is 42.5 Å². The minimum atomic E-state index is 0.0784. The maximum atomic E-state index is 10.2. The smallest absolute Gasteiger partial charge is 0.120 e. The van der Waals surface area contributed by atoms with Crippen molar-refractivity contribution < 1.29 is 5.11 Å². The fourth-order valence-corrected chi connectivity index (χ4v) is 3.39. The largest absolute Gasteiger partial charge is 0.508 e. The summed E-state index contributed by atoms with van der Waals surface area (Å²) in [6.45, 7) is 8.30. The van der Waals surface area contributed by atoms with Crippen molar-refractivity contribution in [2.75, 3.05) is 11.9 Å². The molecular weight excluding hydrogens is 308 g/mol. The van der Waals surface area contributed by atoms with Gasteiger partial charge in [-0.05, 0) is 60.2 Å². The Kier molecular flexibility index (Phi) is 5.33. The van der Waals surface area contributed by atoms with Gasteiger partial charge in [-0.3, -0.25) is 0 Å². The van der Waals surface area contributed by atoms with Crippen molar-refractivity contribution in [3.05, 3.63) is 59.2 Å². The first-order valence-electron chi connectivity index (χ1n) is 9.33. The van der Waals surface area contributed by atoms with E-state index in [0.717, 1.165) is 17.8 Å². The molecule has 3 nitrogen and oxygen atoms in total. The van der Waals surface area contributed by atoms with Gasteiger partial charge in [0.2, 0.25) is 0 Å². The fraction of sp³-hybridized carbons (Fsp3) is 0.455. The van der Waals surface area contributed by atoms with Crippen LogP contribution in [0.25, 0.3) is 0 Å². The molecule has 0 aromatic heterocycles. The van der Waals surface area contributed by atoms with Gasteiger partial charge in [-0.2, -0.15) is 0 Å². The average Bonchev–Trinajstić information content (AvgIpc) is 2.61. The summed E-state index contributed by atoms with van der Waals surface area (Å²) in [6.07, 6.45) is 3.78. The van der Waals surface area contributed by atoms with Gasteiger partial charge in [0.15, 0.2) is 0 Å². The van der Waals surface area contributed by atoms with Gasteiger partial charge in [-0.15, -0.1) is 0 Å². The van der Waals surface area contributed by atoms with Gasteiger partial charge in [0.25, 0.3) is 0 Å². The Morgan fingerprint density at radius 1 is 1.12 bits per heavy atom. The molecule has 0 radical (unpaired) electrons. The number of anilines is 1. The highest BCUT2D eigenvalue weighted by molar-refractivity contribution is 5.48. The SMILES string of the molecule is CC(C)(C)c1ccc(O)c(CNc2cccc([C@@H]3CCCCN3)c2)c1. The highest BCUT2D eigenvalue weighted by Gasteiger charge is 2.16. The summed E-state index contributed by atoms with van der Waals surface area (Å²) in [5, 5.41) is 17.3. The number of aromatic hydroxyl groups is 1. The van der Waals surface area contributed by atoms with E-state index in [1.165, 1.54) is 30.4 Å². The molecular formula is C22H30N2O. The Hall–Kier alpha value is -2.00. The van der Waals surface area contributed by atoms with Crippen LogP contribution in [0, 0.1) is 0 Å². The molecule has 1 atom stereocenters. The number of phenolic OH excluding ortho intramolecular Hbond substituents is 1. The molecule has 3 N–H and O–H groups in total. The Morgan fingerprint density at radius 3 is 2.68 bits per heavy atom. The summed E-state index contributed by atoms with van der Waals surface area (Å²) in [4.78, 5) is 0. The van der Waals surface area contributed by atoms with E-state index in [2.05, 4.69) is 61.7 Å². The summed E-state index contributed by atoms with van der Waals surface area (Å²) < 4.78 is 0. The van der Waals surface area contributed by atoms with Crippen LogP contribution in [0.4, 0.5) is 5.69 Å². The predicted octanol–water partition coefficient (Wildman–Crippen LogP) is 5.12.